The first-order valence-corrected chi connectivity index (χ1v) is 10.5. The summed E-state index contributed by atoms with van der Waals surface area (Å²) in [6, 6.07) is 7.31. The Labute approximate surface area is 163 Å². The minimum Gasteiger partial charge on any atom is -0.491 e. The number of aliphatic hydroxyl groups excluding tert-OH is 2. The smallest absolute Gasteiger partial charge is 0.162 e. The Morgan fingerprint density at radius 3 is 2.82 bits per heavy atom. The van der Waals surface area contributed by atoms with Crippen molar-refractivity contribution in [2.24, 2.45) is 10.9 Å². The summed E-state index contributed by atoms with van der Waals surface area (Å²) >= 11 is -1.07. The van der Waals surface area contributed by atoms with Gasteiger partial charge in [-0.2, -0.15) is 0 Å². The molecule has 9 nitrogen and oxygen atoms in total. The average molecular weight is 400 g/mol. The Morgan fingerprint density at radius 2 is 2.07 bits per heavy atom. The van der Waals surface area contributed by atoms with Crippen molar-refractivity contribution in [3.8, 4) is 11.4 Å². The number of imidazole rings is 1. The van der Waals surface area contributed by atoms with E-state index in [1.807, 2.05) is 16.1 Å². The van der Waals surface area contributed by atoms with E-state index in [0.29, 0.717) is 17.4 Å². The molecule has 2 aromatic heterocycles. The number of rotatable bonds is 7. The fourth-order valence-electron chi connectivity index (χ4n) is 3.17. The van der Waals surface area contributed by atoms with E-state index in [1.54, 1.807) is 35.5 Å². The quantitative estimate of drug-likeness (QED) is 0.521. The van der Waals surface area contributed by atoms with Crippen LogP contribution in [0.4, 0.5) is 5.82 Å². The first-order valence-electron chi connectivity index (χ1n) is 9.09. The van der Waals surface area contributed by atoms with Gasteiger partial charge in [0.15, 0.2) is 5.82 Å². The highest BCUT2D eigenvalue weighted by molar-refractivity contribution is 8.29. The van der Waals surface area contributed by atoms with Gasteiger partial charge in [0.05, 0.1) is 29.7 Å². The van der Waals surface area contributed by atoms with Gasteiger partial charge < -0.3 is 14.9 Å². The van der Waals surface area contributed by atoms with Gasteiger partial charge in [-0.05, 0) is 37.1 Å². The molecule has 3 aromatic rings. The number of hydrogen-bond acceptors (Lipinski definition) is 7. The van der Waals surface area contributed by atoms with Crippen molar-refractivity contribution in [2.75, 3.05) is 13.2 Å². The second-order valence-corrected chi connectivity index (χ2v) is 8.78. The topological polar surface area (TPSA) is 111 Å². The van der Waals surface area contributed by atoms with Crippen molar-refractivity contribution in [3.05, 3.63) is 48.7 Å². The van der Waals surface area contributed by atoms with E-state index in [0.717, 1.165) is 29.4 Å². The van der Waals surface area contributed by atoms with Crippen LogP contribution in [-0.4, -0.2) is 52.4 Å². The van der Waals surface area contributed by atoms with Crippen molar-refractivity contribution < 1.29 is 14.9 Å². The maximum Gasteiger partial charge on any atom is 0.162 e. The fraction of sp³-hybridized carbons (Fsp3) is 0.333. The molecule has 146 valence electrons. The zero-order chi connectivity index (χ0) is 19.1. The van der Waals surface area contributed by atoms with Crippen LogP contribution in [-0.2, 0) is 0 Å². The molecule has 0 radical (unpaired) electrons. The maximum absolute atomic E-state index is 11.1. The van der Waals surface area contributed by atoms with Gasteiger partial charge in [0.1, 0.15) is 29.8 Å². The molecule has 10 heteroatoms. The van der Waals surface area contributed by atoms with E-state index in [2.05, 4.69) is 15.3 Å². The molecule has 1 aliphatic carbocycles. The van der Waals surface area contributed by atoms with Gasteiger partial charge in [-0.1, -0.05) is 16.3 Å². The van der Waals surface area contributed by atoms with E-state index >= 15 is 0 Å². The van der Waals surface area contributed by atoms with Gasteiger partial charge >= 0.3 is 0 Å². The summed E-state index contributed by atoms with van der Waals surface area (Å²) in [5, 5.41) is 29.3. The minimum absolute atomic E-state index is 0.0279. The van der Waals surface area contributed by atoms with E-state index in [9.17, 15) is 5.11 Å². The van der Waals surface area contributed by atoms with E-state index in [4.69, 9.17) is 14.8 Å². The first-order chi connectivity index (χ1) is 13.7. The zero-order valence-electron chi connectivity index (χ0n) is 15.0. The number of fused-ring (bicyclic) bond motifs is 1. The van der Waals surface area contributed by atoms with Crippen LogP contribution in [0, 0.1) is 5.92 Å². The van der Waals surface area contributed by atoms with Gasteiger partial charge in [-0.15, -0.1) is 5.10 Å². The fourth-order valence-corrected chi connectivity index (χ4v) is 5.58. The van der Waals surface area contributed by atoms with Gasteiger partial charge in [-0.25, -0.2) is 14.7 Å². The highest BCUT2D eigenvalue weighted by atomic mass is 32.2. The molecule has 0 amide bonds. The predicted octanol–water partition coefficient (Wildman–Crippen LogP) is 1.74. The summed E-state index contributed by atoms with van der Waals surface area (Å²) in [7, 11) is 0. The van der Waals surface area contributed by atoms with Crippen molar-refractivity contribution in [3.63, 3.8) is 0 Å². The number of hydrogen-bond donors (Lipinski definition) is 3. The van der Waals surface area contributed by atoms with E-state index < -0.39 is 16.5 Å². The van der Waals surface area contributed by atoms with E-state index in [1.165, 1.54) is 0 Å². The van der Waals surface area contributed by atoms with Crippen molar-refractivity contribution in [2.45, 2.75) is 18.3 Å². The lowest BCUT2D eigenvalue weighted by atomic mass is 10.3. The number of ether oxygens (including phenoxy) is 1. The summed E-state index contributed by atoms with van der Waals surface area (Å²) in [6.45, 7) is 0.226. The molecule has 0 bridgehead atoms. The Balaban J connectivity index is 1.38. The molecule has 2 atom stereocenters. The molecule has 3 heterocycles. The van der Waals surface area contributed by atoms with Crippen molar-refractivity contribution in [1.82, 2.24) is 24.0 Å². The molecular weight excluding hydrogens is 380 g/mol. The largest absolute Gasteiger partial charge is 0.491 e. The highest BCUT2D eigenvalue weighted by Crippen LogP contribution is 2.55. The summed E-state index contributed by atoms with van der Waals surface area (Å²) in [4.78, 5) is 8.86. The van der Waals surface area contributed by atoms with Crippen LogP contribution < -0.4 is 4.74 Å². The zero-order valence-corrected chi connectivity index (χ0v) is 15.9. The maximum atomic E-state index is 11.1. The lowest BCUT2D eigenvalue weighted by Crippen LogP contribution is -2.12. The Morgan fingerprint density at radius 1 is 1.25 bits per heavy atom. The molecular formula is C18H20N6O3S. The number of aromatic nitrogens is 5. The van der Waals surface area contributed by atoms with Crippen LogP contribution >= 0.6 is 11.1 Å². The molecule has 2 aliphatic rings. The van der Waals surface area contributed by atoms with E-state index in [-0.39, 0.29) is 13.2 Å². The predicted molar refractivity (Wildman–Crippen MR) is 105 cm³/mol. The third-order valence-electron chi connectivity index (χ3n) is 4.71. The molecule has 0 saturated heterocycles. The van der Waals surface area contributed by atoms with Crippen LogP contribution in [0.5, 0.6) is 5.75 Å². The Hall–Kier alpha value is -2.69. The third-order valence-corrected chi connectivity index (χ3v) is 7.14. The van der Waals surface area contributed by atoms with Gasteiger partial charge in [0.25, 0.3) is 0 Å². The van der Waals surface area contributed by atoms with Crippen molar-refractivity contribution in [1.29, 1.82) is 0 Å². The summed E-state index contributed by atoms with van der Waals surface area (Å²) in [5.41, 5.74) is 0.535. The van der Waals surface area contributed by atoms with Gasteiger partial charge in [-0.3, -0.25) is 3.97 Å². The standard InChI is InChI=1S/C18H20N6O3S/c25-7-8-27-14-5-3-13(4-6-14)23-10-15(21-22-23)18(26)28-17(12-1-2-12)20-16-9-19-11-24(16)28/h3-6,9-12,18,25-26,28H,1-2,7-8H2. The van der Waals surface area contributed by atoms with Crippen LogP contribution in [0.2, 0.25) is 0 Å². The molecule has 2 unspecified atom stereocenters. The first kappa shape index (κ1) is 17.4. The number of benzene rings is 1. The normalized spacial score (nSPS) is 20.6. The molecule has 1 aromatic carbocycles. The third kappa shape index (κ3) is 3.09. The lowest BCUT2D eigenvalue weighted by molar-refractivity contribution is 0.201. The number of aliphatic imine (C=N–C) groups is 1. The Bertz CT molecular complexity index is 1010. The minimum atomic E-state index is -1.07. The number of aliphatic hydroxyl groups is 2. The highest BCUT2D eigenvalue weighted by Gasteiger charge is 2.40. The molecule has 1 saturated carbocycles. The molecule has 2 N–H and O–H groups in total. The van der Waals surface area contributed by atoms with Crippen molar-refractivity contribution >= 4 is 21.9 Å². The van der Waals surface area contributed by atoms with Crippen LogP contribution in [0.1, 0.15) is 24.0 Å². The average Bonchev–Trinajstić information content (AvgIpc) is 3.13. The van der Waals surface area contributed by atoms with Crippen LogP contribution in [0.15, 0.2) is 48.0 Å². The number of thiol groups is 1. The van der Waals surface area contributed by atoms with Gasteiger partial charge in [0.2, 0.25) is 0 Å². The molecule has 0 spiro atoms. The second-order valence-electron chi connectivity index (χ2n) is 6.71. The summed E-state index contributed by atoms with van der Waals surface area (Å²) < 4.78 is 8.97. The molecule has 1 aliphatic heterocycles. The number of nitrogens with zero attached hydrogens (tertiary/aromatic N) is 6. The summed E-state index contributed by atoms with van der Waals surface area (Å²) in [6.07, 6.45) is 7.46. The lowest BCUT2D eigenvalue weighted by Gasteiger charge is -2.24. The monoisotopic (exact) mass is 400 g/mol. The summed E-state index contributed by atoms with van der Waals surface area (Å²) in [5.74, 6) is 1.94. The van der Waals surface area contributed by atoms with Crippen LogP contribution in [0.25, 0.3) is 5.69 Å². The SMILES string of the molecule is OCCOc1ccc(-n2cc(C(O)[SH]3C(C4CC4)=Nc4cncn43)nn2)cc1. The second kappa shape index (κ2) is 7.04. The molecule has 1 fully saturated rings. The van der Waals surface area contributed by atoms with Crippen LogP contribution in [0.3, 0.4) is 0 Å². The van der Waals surface area contributed by atoms with Gasteiger partial charge in [0, 0.05) is 5.92 Å². The Kier molecular flexibility index (Phi) is 4.38. The molecule has 5 rings (SSSR count). The molecule has 28 heavy (non-hydrogen) atoms.